The molecule has 0 saturated carbocycles. The summed E-state index contributed by atoms with van der Waals surface area (Å²) in [7, 11) is 0. The van der Waals surface area contributed by atoms with Gasteiger partial charge in [0.05, 0.1) is 17.0 Å². The van der Waals surface area contributed by atoms with E-state index in [2.05, 4.69) is 24.1 Å². The number of piperazine rings is 1. The van der Waals surface area contributed by atoms with Gasteiger partial charge in [-0.25, -0.2) is 4.98 Å². The lowest BCUT2D eigenvalue weighted by atomic mass is 10.1. The third-order valence-electron chi connectivity index (χ3n) is 4.30. The van der Waals surface area contributed by atoms with Gasteiger partial charge < -0.3 is 14.6 Å². The average Bonchev–Trinajstić information content (AvgIpc) is 3.12. The molecule has 2 atom stereocenters. The summed E-state index contributed by atoms with van der Waals surface area (Å²) < 4.78 is 5.71. The third-order valence-corrected chi connectivity index (χ3v) is 5.16. The van der Waals surface area contributed by atoms with Gasteiger partial charge in [0.2, 0.25) is 11.8 Å². The van der Waals surface area contributed by atoms with Crippen molar-refractivity contribution in [3.63, 3.8) is 0 Å². The molecule has 1 saturated heterocycles. The fourth-order valence-electron chi connectivity index (χ4n) is 2.75. The molecule has 2 aromatic heterocycles. The summed E-state index contributed by atoms with van der Waals surface area (Å²) in [6, 6.07) is 4.46. The van der Waals surface area contributed by atoms with E-state index < -0.39 is 0 Å². The zero-order valence-corrected chi connectivity index (χ0v) is 16.4. The van der Waals surface area contributed by atoms with Crippen LogP contribution in [-0.4, -0.2) is 41.0 Å². The fourth-order valence-corrected chi connectivity index (χ4v) is 3.40. The summed E-state index contributed by atoms with van der Waals surface area (Å²) in [4.78, 5) is 20.0. The molecule has 5 nitrogen and oxygen atoms in total. The van der Waals surface area contributed by atoms with E-state index in [1.807, 2.05) is 29.3 Å². The van der Waals surface area contributed by atoms with Gasteiger partial charge >= 0.3 is 0 Å². The van der Waals surface area contributed by atoms with Crippen LogP contribution in [-0.2, 0) is 11.2 Å². The maximum absolute atomic E-state index is 12.6. The summed E-state index contributed by atoms with van der Waals surface area (Å²) in [5.41, 5.74) is 0.742. The Hall–Kier alpha value is -1.08. The average molecular weight is 392 g/mol. The number of aromatic nitrogens is 1. The van der Waals surface area contributed by atoms with E-state index in [0.717, 1.165) is 29.4 Å². The summed E-state index contributed by atoms with van der Waals surface area (Å²) in [6.07, 6.45) is 0.303. The number of thiophene rings is 1. The zero-order chi connectivity index (χ0) is 15.7. The normalized spacial score (nSPS) is 20.2. The molecule has 3 rings (SSSR count). The number of carbonyl (C=O) groups is 1. The molecule has 1 aliphatic rings. The number of carbonyl (C=O) groups excluding carboxylic acids is 1. The zero-order valence-electron chi connectivity index (χ0n) is 13.9. The Balaban J connectivity index is 0.00000144. The Morgan fingerprint density at radius 1 is 1.46 bits per heavy atom. The van der Waals surface area contributed by atoms with Crippen molar-refractivity contribution in [1.82, 2.24) is 15.2 Å². The number of oxazole rings is 1. The number of halogens is 2. The smallest absolute Gasteiger partial charge is 0.236 e. The number of nitrogens with zero attached hydrogens (tertiary/aromatic N) is 2. The minimum atomic E-state index is 0. The molecule has 8 heteroatoms. The Morgan fingerprint density at radius 2 is 2.21 bits per heavy atom. The Bertz CT molecular complexity index is 660. The monoisotopic (exact) mass is 391 g/mol. The van der Waals surface area contributed by atoms with E-state index in [0.29, 0.717) is 18.4 Å². The molecule has 1 fully saturated rings. The van der Waals surface area contributed by atoms with Gasteiger partial charge in [-0.2, -0.15) is 0 Å². The van der Waals surface area contributed by atoms with Crippen molar-refractivity contribution >= 4 is 42.1 Å². The van der Waals surface area contributed by atoms with Crippen molar-refractivity contribution in [3.05, 3.63) is 29.0 Å². The second kappa shape index (κ2) is 8.85. The van der Waals surface area contributed by atoms with E-state index in [-0.39, 0.29) is 36.8 Å². The first-order valence-electron chi connectivity index (χ1n) is 7.59. The van der Waals surface area contributed by atoms with Gasteiger partial charge in [-0.1, -0.05) is 6.07 Å². The van der Waals surface area contributed by atoms with E-state index >= 15 is 0 Å². The van der Waals surface area contributed by atoms with Gasteiger partial charge in [0, 0.05) is 25.2 Å². The highest BCUT2D eigenvalue weighted by Gasteiger charge is 2.29. The van der Waals surface area contributed by atoms with E-state index in [1.165, 1.54) is 0 Å². The van der Waals surface area contributed by atoms with Crippen molar-refractivity contribution in [1.29, 1.82) is 0 Å². The van der Waals surface area contributed by atoms with Crippen molar-refractivity contribution in [3.8, 4) is 10.8 Å². The summed E-state index contributed by atoms with van der Waals surface area (Å²) in [5, 5.41) is 5.38. The van der Waals surface area contributed by atoms with Crippen LogP contribution in [0.3, 0.4) is 0 Å². The van der Waals surface area contributed by atoms with E-state index in [4.69, 9.17) is 4.42 Å². The molecule has 0 aliphatic carbocycles. The summed E-state index contributed by atoms with van der Waals surface area (Å²) in [6.45, 7) is 7.66. The van der Waals surface area contributed by atoms with Gasteiger partial charge in [-0.15, -0.1) is 36.2 Å². The fraction of sp³-hybridized carbons (Fsp3) is 0.500. The first-order chi connectivity index (χ1) is 10.6. The lowest BCUT2D eigenvalue weighted by Gasteiger charge is -2.38. The first kappa shape index (κ1) is 21.0. The van der Waals surface area contributed by atoms with Crippen LogP contribution >= 0.6 is 36.2 Å². The molecule has 134 valence electrons. The van der Waals surface area contributed by atoms with Gasteiger partial charge in [-0.3, -0.25) is 4.79 Å². The van der Waals surface area contributed by atoms with Crippen molar-refractivity contribution in [2.24, 2.45) is 0 Å². The molecule has 3 heterocycles. The number of rotatable bonds is 3. The van der Waals surface area contributed by atoms with Crippen molar-refractivity contribution in [2.45, 2.75) is 39.3 Å². The van der Waals surface area contributed by atoms with Gasteiger partial charge in [0.1, 0.15) is 5.76 Å². The second-order valence-electron chi connectivity index (χ2n) is 5.75. The van der Waals surface area contributed by atoms with Gasteiger partial charge in [0.25, 0.3) is 0 Å². The Morgan fingerprint density at radius 3 is 2.88 bits per heavy atom. The van der Waals surface area contributed by atoms with Crippen LogP contribution in [0, 0.1) is 6.92 Å². The first-order valence-corrected chi connectivity index (χ1v) is 8.47. The predicted molar refractivity (Wildman–Crippen MR) is 101 cm³/mol. The molecular weight excluding hydrogens is 369 g/mol. The lowest BCUT2D eigenvalue weighted by Crippen LogP contribution is -2.57. The lowest BCUT2D eigenvalue weighted by molar-refractivity contribution is -0.134. The molecule has 0 spiro atoms. The number of hydrogen-bond donors (Lipinski definition) is 1. The van der Waals surface area contributed by atoms with Crippen LogP contribution in [0.2, 0.25) is 0 Å². The highest BCUT2D eigenvalue weighted by Crippen LogP contribution is 2.26. The van der Waals surface area contributed by atoms with Crippen LogP contribution in [0.25, 0.3) is 10.8 Å². The predicted octanol–water partition coefficient (Wildman–Crippen LogP) is 3.31. The molecule has 0 radical (unpaired) electrons. The van der Waals surface area contributed by atoms with Crippen molar-refractivity contribution < 1.29 is 9.21 Å². The quantitative estimate of drug-likeness (QED) is 0.871. The van der Waals surface area contributed by atoms with Gasteiger partial charge in [0.15, 0.2) is 0 Å². The highest BCUT2D eigenvalue weighted by molar-refractivity contribution is 7.13. The van der Waals surface area contributed by atoms with Gasteiger partial charge in [-0.05, 0) is 32.2 Å². The van der Waals surface area contributed by atoms with Crippen LogP contribution < -0.4 is 5.32 Å². The maximum Gasteiger partial charge on any atom is 0.236 e. The molecule has 0 bridgehead atoms. The molecule has 1 N–H and O–H groups in total. The largest absolute Gasteiger partial charge is 0.440 e. The maximum atomic E-state index is 12.6. The summed E-state index contributed by atoms with van der Waals surface area (Å²) >= 11 is 1.59. The van der Waals surface area contributed by atoms with Crippen LogP contribution in [0.15, 0.2) is 21.9 Å². The summed E-state index contributed by atoms with van der Waals surface area (Å²) in [5.74, 6) is 1.46. The molecule has 24 heavy (non-hydrogen) atoms. The minimum Gasteiger partial charge on any atom is -0.440 e. The molecule has 1 aliphatic heterocycles. The standard InChI is InChI=1S/C16H21N3O2S.2ClH/c1-10-11(2)19(7-6-17-10)15(20)9-13-12(3)21-16(18-13)14-5-4-8-22-14;;/h4-5,8,10-11,17H,6-7,9H2,1-3H3;2*1H. The van der Waals surface area contributed by atoms with E-state index in [1.54, 1.807) is 11.3 Å². The Kier molecular flexibility index (Phi) is 7.73. The molecule has 0 aromatic carbocycles. The number of aryl methyl sites for hydroxylation is 1. The second-order valence-corrected chi connectivity index (χ2v) is 6.69. The van der Waals surface area contributed by atoms with Crippen LogP contribution in [0.4, 0.5) is 0 Å². The molecule has 2 aromatic rings. The third kappa shape index (κ3) is 4.30. The SMILES string of the molecule is Cc1oc(-c2cccs2)nc1CC(=O)N1CCNC(C)C1C.Cl.Cl. The van der Waals surface area contributed by atoms with E-state index in [9.17, 15) is 4.79 Å². The molecule has 2 unspecified atom stereocenters. The number of nitrogens with one attached hydrogen (secondary N) is 1. The van der Waals surface area contributed by atoms with Crippen LogP contribution in [0.1, 0.15) is 25.3 Å². The van der Waals surface area contributed by atoms with Crippen LogP contribution in [0.5, 0.6) is 0 Å². The highest BCUT2D eigenvalue weighted by atomic mass is 35.5. The molecule has 1 amide bonds. The number of amides is 1. The molecular formula is C16H23Cl2N3O2S. The van der Waals surface area contributed by atoms with Crippen molar-refractivity contribution in [2.75, 3.05) is 13.1 Å². The number of hydrogen-bond acceptors (Lipinski definition) is 5. The minimum absolute atomic E-state index is 0. The Labute approximate surface area is 158 Å². The topological polar surface area (TPSA) is 58.4 Å².